The van der Waals surface area contributed by atoms with Crippen LogP contribution in [0.3, 0.4) is 0 Å². The fourth-order valence-corrected chi connectivity index (χ4v) is 10.1. The first kappa shape index (κ1) is 41.1. The van der Waals surface area contributed by atoms with Crippen LogP contribution in [0.1, 0.15) is 89.4 Å². The molecular formula is C42H62N6O6S. The van der Waals surface area contributed by atoms with Crippen molar-refractivity contribution in [2.24, 2.45) is 29.1 Å². The topological polar surface area (TPSA) is 146 Å². The maximum absolute atomic E-state index is 13.2. The molecule has 0 radical (unpaired) electrons. The van der Waals surface area contributed by atoms with E-state index in [9.17, 15) is 23.3 Å². The summed E-state index contributed by atoms with van der Waals surface area (Å²) in [6, 6.07) is 11.2. The third-order valence-electron chi connectivity index (χ3n) is 12.6. The number of anilines is 2. The molecule has 1 amide bonds. The van der Waals surface area contributed by atoms with Crippen LogP contribution in [0.25, 0.3) is 0 Å². The van der Waals surface area contributed by atoms with Gasteiger partial charge in [0.1, 0.15) is 5.69 Å². The van der Waals surface area contributed by atoms with Crippen LogP contribution in [0.2, 0.25) is 0 Å². The van der Waals surface area contributed by atoms with E-state index >= 15 is 0 Å². The predicted octanol–water partition coefficient (Wildman–Crippen LogP) is 6.84. The second kappa shape index (κ2) is 18.2. The van der Waals surface area contributed by atoms with E-state index in [0.29, 0.717) is 49.0 Å². The molecule has 2 aliphatic carbocycles. The molecule has 2 saturated heterocycles. The fraction of sp³-hybridized carbons (Fsp3) is 0.643. The lowest BCUT2D eigenvalue weighted by Gasteiger charge is -2.45. The zero-order valence-electron chi connectivity index (χ0n) is 33.2. The average Bonchev–Trinajstić information content (AvgIpc) is 3.16. The van der Waals surface area contributed by atoms with Crippen molar-refractivity contribution in [3.63, 3.8) is 0 Å². The number of nitro benzene ring substituents is 1. The minimum Gasteiger partial charge on any atom is -0.381 e. The summed E-state index contributed by atoms with van der Waals surface area (Å²) in [5, 5.41) is 19.0. The molecule has 55 heavy (non-hydrogen) atoms. The number of hydrogen-bond donors (Lipinski definition) is 3. The molecule has 3 fully saturated rings. The van der Waals surface area contributed by atoms with Gasteiger partial charge in [0.15, 0.2) is 0 Å². The molecule has 2 heterocycles. The molecule has 4 atom stereocenters. The number of ether oxygens (including phenoxy) is 1. The van der Waals surface area contributed by atoms with Gasteiger partial charge in [-0.25, -0.2) is 13.1 Å². The number of sulfonamides is 1. The van der Waals surface area contributed by atoms with Gasteiger partial charge in [-0.15, -0.1) is 0 Å². The summed E-state index contributed by atoms with van der Waals surface area (Å²) in [5.74, 6) is 1.64. The van der Waals surface area contributed by atoms with E-state index in [1.54, 1.807) is 17.7 Å². The van der Waals surface area contributed by atoms with Crippen LogP contribution >= 0.6 is 0 Å². The van der Waals surface area contributed by atoms with Crippen molar-refractivity contribution in [3.8, 4) is 0 Å². The first-order valence-corrected chi connectivity index (χ1v) is 21.9. The zero-order chi connectivity index (χ0) is 39.2. The Bertz CT molecular complexity index is 1770. The molecule has 2 aliphatic heterocycles. The van der Waals surface area contributed by atoms with Crippen LogP contribution in [0.5, 0.6) is 0 Å². The number of rotatable bonds is 14. The molecule has 1 saturated carbocycles. The standard InChI is InChI=1S/C42H62N6O6S/c1-30-5-6-31(2)34(25-30)14-18-43-38-13-17-42(3,4)27-35(38)29-46-19-21-47(22-20-46)36-9-7-33(8-10-36)41(49)45-55(52,53)37-11-12-39(40(26-37)48(50)51)44-28-32-15-23-54-24-16-32/h6-12,26,30,32,34-35,38,43-44H,5,13-25,27-29H2,1-4H3,(H,45,49). The van der Waals surface area contributed by atoms with E-state index in [0.717, 1.165) is 69.8 Å². The van der Waals surface area contributed by atoms with Crippen molar-refractivity contribution in [2.45, 2.75) is 90.0 Å². The smallest absolute Gasteiger partial charge is 0.293 e. The van der Waals surface area contributed by atoms with Crippen LogP contribution in [0.15, 0.2) is 59.0 Å². The van der Waals surface area contributed by atoms with Gasteiger partial charge in [-0.2, -0.15) is 0 Å². The monoisotopic (exact) mass is 778 g/mol. The minimum absolute atomic E-state index is 0.192. The Morgan fingerprint density at radius 3 is 2.47 bits per heavy atom. The van der Waals surface area contributed by atoms with Gasteiger partial charge < -0.3 is 20.3 Å². The normalized spacial score (nSPS) is 25.2. The van der Waals surface area contributed by atoms with E-state index in [1.807, 2.05) is 12.1 Å². The number of nitro groups is 1. The van der Waals surface area contributed by atoms with Gasteiger partial charge in [0.05, 0.1) is 9.82 Å². The Balaban J connectivity index is 0.992. The highest BCUT2D eigenvalue weighted by molar-refractivity contribution is 7.90. The molecule has 2 aromatic carbocycles. The molecule has 6 rings (SSSR count). The Labute approximate surface area is 328 Å². The lowest BCUT2D eigenvalue weighted by atomic mass is 9.69. The number of nitrogens with zero attached hydrogens (tertiary/aromatic N) is 3. The highest BCUT2D eigenvalue weighted by atomic mass is 32.2. The molecule has 12 nitrogen and oxygen atoms in total. The average molecular weight is 779 g/mol. The molecule has 0 bridgehead atoms. The summed E-state index contributed by atoms with van der Waals surface area (Å²) in [4.78, 5) is 28.9. The SMILES string of the molecule is CC1=CCC(C)CC1CCNC1CCC(C)(C)CC1CN1CCN(c2ccc(C(=O)NS(=O)(=O)c3ccc(NCC4CCOCC4)c([N+](=O)[O-])c3)cc2)CC1. The Kier molecular flexibility index (Phi) is 13.6. The minimum atomic E-state index is -4.36. The van der Waals surface area contributed by atoms with Crippen LogP contribution in [-0.4, -0.2) is 89.2 Å². The third-order valence-corrected chi connectivity index (χ3v) is 13.9. The van der Waals surface area contributed by atoms with Crippen LogP contribution in [-0.2, 0) is 14.8 Å². The Morgan fingerprint density at radius 1 is 1.04 bits per heavy atom. The van der Waals surface area contributed by atoms with Gasteiger partial charge in [-0.3, -0.25) is 19.8 Å². The number of amides is 1. The van der Waals surface area contributed by atoms with E-state index in [1.165, 1.54) is 50.7 Å². The number of nitrogens with one attached hydrogen (secondary N) is 3. The van der Waals surface area contributed by atoms with Crippen molar-refractivity contribution in [1.29, 1.82) is 0 Å². The van der Waals surface area contributed by atoms with Gasteiger partial charge in [0.25, 0.3) is 21.6 Å². The van der Waals surface area contributed by atoms with Crippen molar-refractivity contribution < 1.29 is 22.9 Å². The maximum Gasteiger partial charge on any atom is 0.293 e. The molecule has 13 heteroatoms. The number of carbonyl (C=O) groups excluding carboxylic acids is 1. The van der Waals surface area contributed by atoms with Gasteiger partial charge in [0, 0.05) is 75.8 Å². The second-order valence-electron chi connectivity index (χ2n) is 17.4. The van der Waals surface area contributed by atoms with Gasteiger partial charge >= 0.3 is 0 Å². The van der Waals surface area contributed by atoms with Crippen molar-refractivity contribution in [3.05, 3.63) is 69.8 Å². The van der Waals surface area contributed by atoms with Crippen molar-refractivity contribution in [1.82, 2.24) is 14.9 Å². The van der Waals surface area contributed by atoms with Crippen LogP contribution < -0.4 is 20.3 Å². The lowest BCUT2D eigenvalue weighted by molar-refractivity contribution is -0.384. The zero-order valence-corrected chi connectivity index (χ0v) is 34.0. The molecule has 3 N–H and O–H groups in total. The summed E-state index contributed by atoms with van der Waals surface area (Å²) >= 11 is 0. The van der Waals surface area contributed by atoms with Crippen molar-refractivity contribution >= 4 is 33.0 Å². The molecule has 4 aliphatic rings. The van der Waals surface area contributed by atoms with Crippen LogP contribution in [0.4, 0.5) is 17.1 Å². The number of piperazine rings is 1. The summed E-state index contributed by atoms with van der Waals surface area (Å²) in [6.07, 6.45) is 11.7. The Hall–Kier alpha value is -3.52. The van der Waals surface area contributed by atoms with Gasteiger partial charge in [-0.1, -0.05) is 32.4 Å². The van der Waals surface area contributed by atoms with E-state index in [4.69, 9.17) is 4.74 Å². The van der Waals surface area contributed by atoms with E-state index in [-0.39, 0.29) is 21.8 Å². The molecule has 302 valence electrons. The highest BCUT2D eigenvalue weighted by Gasteiger charge is 2.36. The van der Waals surface area contributed by atoms with Gasteiger partial charge in [0.2, 0.25) is 0 Å². The van der Waals surface area contributed by atoms with Crippen LogP contribution in [0, 0.1) is 39.2 Å². The molecule has 0 spiro atoms. The van der Waals surface area contributed by atoms with Gasteiger partial charge in [-0.05, 0) is 130 Å². The second-order valence-corrected chi connectivity index (χ2v) is 19.1. The maximum atomic E-state index is 13.2. The highest BCUT2D eigenvalue weighted by Crippen LogP contribution is 2.40. The Morgan fingerprint density at radius 2 is 1.76 bits per heavy atom. The summed E-state index contributed by atoms with van der Waals surface area (Å²) in [6.45, 7) is 17.2. The summed E-state index contributed by atoms with van der Waals surface area (Å²) < 4.78 is 33.8. The quantitative estimate of drug-likeness (QED) is 0.106. The number of benzene rings is 2. The fourth-order valence-electron chi connectivity index (χ4n) is 9.07. The molecule has 0 aromatic heterocycles. The lowest BCUT2D eigenvalue weighted by Crippen LogP contribution is -2.52. The summed E-state index contributed by atoms with van der Waals surface area (Å²) in [5.41, 5.74) is 2.99. The number of allylic oxidation sites excluding steroid dienone is 2. The number of hydrogen-bond acceptors (Lipinski definition) is 10. The first-order valence-electron chi connectivity index (χ1n) is 20.4. The predicted molar refractivity (Wildman–Crippen MR) is 218 cm³/mol. The van der Waals surface area contributed by atoms with Crippen molar-refractivity contribution in [2.75, 3.05) is 69.2 Å². The summed E-state index contributed by atoms with van der Waals surface area (Å²) in [7, 11) is -4.36. The van der Waals surface area contributed by atoms with E-state index < -0.39 is 20.9 Å². The molecular weight excluding hydrogens is 717 g/mol. The van der Waals surface area contributed by atoms with E-state index in [2.05, 4.69) is 58.9 Å². The molecule has 4 unspecified atom stereocenters. The number of carbonyl (C=O) groups is 1. The third kappa shape index (κ3) is 11.1. The first-order chi connectivity index (χ1) is 26.3. The largest absolute Gasteiger partial charge is 0.381 e. The molecule has 2 aromatic rings.